The summed E-state index contributed by atoms with van der Waals surface area (Å²) in [5.74, 6) is -0.761. The molecule has 0 radical (unpaired) electrons. The lowest BCUT2D eigenvalue weighted by atomic mass is 9.89. The fourth-order valence-electron chi connectivity index (χ4n) is 4.95. The number of halogens is 2. The summed E-state index contributed by atoms with van der Waals surface area (Å²) in [5, 5.41) is 6.92. The van der Waals surface area contributed by atoms with Crippen LogP contribution in [0.2, 0.25) is 0 Å². The van der Waals surface area contributed by atoms with Gasteiger partial charge in [0.25, 0.3) is 11.8 Å². The van der Waals surface area contributed by atoms with Crippen molar-refractivity contribution in [3.8, 4) is 11.5 Å². The first-order chi connectivity index (χ1) is 17.6. The molecule has 2 saturated heterocycles. The summed E-state index contributed by atoms with van der Waals surface area (Å²) >= 11 is 0. The summed E-state index contributed by atoms with van der Waals surface area (Å²) in [6.07, 6.45) is 0.627. The molecule has 37 heavy (non-hydrogen) atoms. The minimum Gasteiger partial charge on any atom is -0.415 e. The maximum Gasteiger partial charge on any atom is 0.332 e. The summed E-state index contributed by atoms with van der Waals surface area (Å²) in [4.78, 5) is 36.2. The van der Waals surface area contributed by atoms with Gasteiger partial charge in [0.05, 0.1) is 17.8 Å². The number of nitrogens with zero attached hydrogens (tertiary/aromatic N) is 6. The van der Waals surface area contributed by atoms with Crippen molar-refractivity contribution in [3.63, 3.8) is 0 Å². The molecule has 2 aromatic heterocycles. The van der Waals surface area contributed by atoms with E-state index in [4.69, 9.17) is 4.42 Å². The van der Waals surface area contributed by atoms with Crippen LogP contribution in [-0.4, -0.2) is 62.6 Å². The second kappa shape index (κ2) is 9.62. The zero-order valence-corrected chi connectivity index (χ0v) is 20.9. The van der Waals surface area contributed by atoms with Crippen LogP contribution in [0.15, 0.2) is 47.0 Å². The molecule has 0 bridgehead atoms. The highest BCUT2D eigenvalue weighted by Gasteiger charge is 2.52. The third-order valence-electron chi connectivity index (χ3n) is 7.09. The van der Waals surface area contributed by atoms with Gasteiger partial charge >= 0.3 is 12.5 Å². The molecule has 0 N–H and O–H groups in total. The molecule has 9 nitrogen and oxygen atoms in total. The number of anilines is 1. The first-order valence-corrected chi connectivity index (χ1v) is 12.2. The van der Waals surface area contributed by atoms with Gasteiger partial charge in [-0.2, -0.15) is 8.78 Å². The van der Waals surface area contributed by atoms with E-state index in [2.05, 4.69) is 33.2 Å². The molecule has 4 heterocycles. The minimum absolute atomic E-state index is 0.0291. The summed E-state index contributed by atoms with van der Waals surface area (Å²) < 4.78 is 30.4. The Hall–Kier alpha value is -3.73. The zero-order chi connectivity index (χ0) is 26.3. The van der Waals surface area contributed by atoms with Crippen molar-refractivity contribution in [3.05, 3.63) is 59.7 Å². The predicted molar refractivity (Wildman–Crippen MR) is 131 cm³/mol. The average molecular weight is 511 g/mol. The third kappa shape index (κ3) is 4.71. The minimum atomic E-state index is -2.86. The Morgan fingerprint density at radius 3 is 2.51 bits per heavy atom. The van der Waals surface area contributed by atoms with Crippen molar-refractivity contribution in [2.45, 2.75) is 51.1 Å². The van der Waals surface area contributed by atoms with E-state index in [-0.39, 0.29) is 18.3 Å². The molecule has 194 valence electrons. The van der Waals surface area contributed by atoms with E-state index in [1.165, 1.54) is 16.7 Å². The molecule has 2 aliphatic rings. The number of hydrogen-bond acceptors (Lipinski definition) is 7. The number of likely N-dealkylation sites (tertiary alicyclic amines) is 1. The first-order valence-electron chi connectivity index (χ1n) is 12.2. The number of imide groups is 1. The van der Waals surface area contributed by atoms with Gasteiger partial charge in [-0.3, -0.25) is 19.6 Å². The van der Waals surface area contributed by atoms with E-state index < -0.39 is 23.9 Å². The highest BCUT2D eigenvalue weighted by Crippen LogP contribution is 2.37. The Kier molecular flexibility index (Phi) is 6.49. The van der Waals surface area contributed by atoms with Crippen molar-refractivity contribution in [2.24, 2.45) is 0 Å². The van der Waals surface area contributed by atoms with Gasteiger partial charge < -0.3 is 9.32 Å². The average Bonchev–Trinajstić information content (AvgIpc) is 3.44. The summed E-state index contributed by atoms with van der Waals surface area (Å²) in [7, 11) is 2.12. The molecule has 3 amide bonds. The van der Waals surface area contributed by atoms with E-state index in [1.807, 2.05) is 18.2 Å². The SMILES string of the molecule is CN1CCC(c2cccc(N3C(=O)N(Cc4ccc(-c5nnc(C(F)F)o5)cn4)C(=O)C3(C)C)c2)CC1. The second-order valence-corrected chi connectivity index (χ2v) is 10.0. The monoisotopic (exact) mass is 510 g/mol. The number of urea groups is 1. The Morgan fingerprint density at radius 2 is 1.86 bits per heavy atom. The number of aromatic nitrogens is 3. The van der Waals surface area contributed by atoms with Crippen LogP contribution in [0.1, 0.15) is 56.2 Å². The lowest BCUT2D eigenvalue weighted by molar-refractivity contribution is -0.130. The summed E-state index contributed by atoms with van der Waals surface area (Å²) in [6, 6.07) is 10.7. The largest absolute Gasteiger partial charge is 0.415 e. The molecule has 1 aromatic carbocycles. The second-order valence-electron chi connectivity index (χ2n) is 10.0. The summed E-state index contributed by atoms with van der Waals surface area (Å²) in [6.45, 7) is 5.50. The maximum absolute atomic E-state index is 13.5. The number of carbonyl (C=O) groups is 2. The Morgan fingerprint density at radius 1 is 1.11 bits per heavy atom. The number of amides is 3. The van der Waals surface area contributed by atoms with E-state index in [9.17, 15) is 18.4 Å². The van der Waals surface area contributed by atoms with Crippen molar-refractivity contribution in [1.82, 2.24) is 25.0 Å². The van der Waals surface area contributed by atoms with Crippen LogP contribution in [0.5, 0.6) is 0 Å². The molecule has 3 aromatic rings. The number of hydrogen-bond donors (Lipinski definition) is 0. The van der Waals surface area contributed by atoms with Gasteiger partial charge in [-0.15, -0.1) is 10.2 Å². The third-order valence-corrected chi connectivity index (χ3v) is 7.09. The van der Waals surface area contributed by atoms with Crippen molar-refractivity contribution < 1.29 is 22.8 Å². The lowest BCUT2D eigenvalue weighted by Gasteiger charge is -2.31. The number of rotatable bonds is 6. The van der Waals surface area contributed by atoms with E-state index in [1.54, 1.807) is 30.9 Å². The van der Waals surface area contributed by atoms with Crippen LogP contribution in [-0.2, 0) is 11.3 Å². The van der Waals surface area contributed by atoms with Gasteiger partial charge in [-0.05, 0) is 82.6 Å². The number of alkyl halides is 2. The molecular formula is C26H28F2N6O3. The van der Waals surface area contributed by atoms with Crippen LogP contribution in [0.25, 0.3) is 11.5 Å². The van der Waals surface area contributed by atoms with Crippen LogP contribution in [0, 0.1) is 0 Å². The number of pyridine rings is 1. The Labute approximate surface area is 213 Å². The molecule has 0 aliphatic carbocycles. The normalized spacial score (nSPS) is 18.9. The Balaban J connectivity index is 1.34. The van der Waals surface area contributed by atoms with Crippen molar-refractivity contribution in [1.29, 1.82) is 0 Å². The van der Waals surface area contributed by atoms with Crippen LogP contribution < -0.4 is 4.90 Å². The first kappa shape index (κ1) is 24.9. The fraction of sp³-hybridized carbons (Fsp3) is 0.423. The quantitative estimate of drug-likeness (QED) is 0.446. The van der Waals surface area contributed by atoms with Gasteiger partial charge in [-0.25, -0.2) is 4.79 Å². The number of piperidine rings is 1. The smallest absolute Gasteiger partial charge is 0.332 e. The summed E-state index contributed by atoms with van der Waals surface area (Å²) in [5.41, 5.74) is 1.61. The molecule has 0 atom stereocenters. The van der Waals surface area contributed by atoms with Gasteiger partial charge in [-0.1, -0.05) is 12.1 Å². The predicted octanol–water partition coefficient (Wildman–Crippen LogP) is 4.63. The van der Waals surface area contributed by atoms with Crippen LogP contribution >= 0.6 is 0 Å². The van der Waals surface area contributed by atoms with Gasteiger partial charge in [0.2, 0.25) is 5.89 Å². The van der Waals surface area contributed by atoms with E-state index in [0.29, 0.717) is 22.9 Å². The van der Waals surface area contributed by atoms with E-state index >= 15 is 0 Å². The molecule has 0 spiro atoms. The van der Waals surface area contributed by atoms with Gasteiger partial charge in [0.15, 0.2) is 0 Å². The van der Waals surface area contributed by atoms with Gasteiger partial charge in [0.1, 0.15) is 5.54 Å². The molecule has 0 saturated carbocycles. The topological polar surface area (TPSA) is 95.7 Å². The fourth-order valence-corrected chi connectivity index (χ4v) is 4.95. The highest BCUT2D eigenvalue weighted by atomic mass is 19.3. The molecule has 2 aliphatic heterocycles. The van der Waals surface area contributed by atoms with Crippen LogP contribution in [0.4, 0.5) is 19.3 Å². The lowest BCUT2D eigenvalue weighted by Crippen LogP contribution is -2.44. The van der Waals surface area contributed by atoms with E-state index in [0.717, 1.165) is 25.9 Å². The Bertz CT molecular complexity index is 1300. The van der Waals surface area contributed by atoms with Crippen molar-refractivity contribution >= 4 is 17.6 Å². The molecule has 0 unspecified atom stereocenters. The molecular weight excluding hydrogens is 482 g/mol. The molecule has 11 heteroatoms. The van der Waals surface area contributed by atoms with Crippen molar-refractivity contribution in [2.75, 3.05) is 25.0 Å². The van der Waals surface area contributed by atoms with Crippen LogP contribution in [0.3, 0.4) is 0 Å². The molecule has 2 fully saturated rings. The maximum atomic E-state index is 13.5. The molecule has 5 rings (SSSR count). The number of benzene rings is 1. The highest BCUT2D eigenvalue weighted by molar-refractivity contribution is 6.16. The van der Waals surface area contributed by atoms with Gasteiger partial charge in [0, 0.05) is 11.9 Å². The zero-order valence-electron chi connectivity index (χ0n) is 20.9. The number of carbonyl (C=O) groups excluding carboxylic acids is 2. The standard InChI is InChI=1S/C26H28F2N6O3/c1-26(2)24(35)33(15-19-8-7-18(14-29-19)22-30-31-23(37-22)21(27)28)25(36)34(26)20-6-4-5-17(13-20)16-9-11-32(3)12-10-16/h4-8,13-14,16,21H,9-12,15H2,1-3H3.